The number of pyridine rings is 1. The molecule has 2 aliphatic rings. The number of nitrogens with zero attached hydrogens (tertiary/aromatic N) is 3. The highest BCUT2D eigenvalue weighted by molar-refractivity contribution is 5.82. The van der Waals surface area contributed by atoms with E-state index in [1.54, 1.807) is 0 Å². The molecule has 0 aromatic carbocycles. The summed E-state index contributed by atoms with van der Waals surface area (Å²) < 4.78 is 5.83. The third-order valence-corrected chi connectivity index (χ3v) is 5.84. The van der Waals surface area contributed by atoms with Crippen LogP contribution in [0.15, 0.2) is 36.0 Å². The van der Waals surface area contributed by atoms with Gasteiger partial charge < -0.3 is 19.6 Å². The number of anilines is 1. The maximum Gasteiger partial charge on any atom is 0.174 e. The molecule has 0 aliphatic carbocycles. The van der Waals surface area contributed by atoms with Crippen molar-refractivity contribution in [1.82, 2.24) is 4.98 Å². The fraction of sp³-hybridized carbons (Fsp3) is 0.583. The number of rotatable bonds is 8. The van der Waals surface area contributed by atoms with Crippen LogP contribution >= 0.6 is 0 Å². The largest absolute Gasteiger partial charge is 0.394 e. The van der Waals surface area contributed by atoms with Crippen LogP contribution in [0.2, 0.25) is 0 Å². The standard InChI is InChI=1S/C24H35N3O3/c1-5-8-20-10-11-23(24(16-28)29-20)30-26-18(3)12-14-27-13-7-6-9-21-22(27)15-17(2)19(4)25-21/h5,10-11,15,20,23-24,28H,1,6-9,12-14,16H2,2-4H3/t20-,23+,24+/m1/s1. The van der Waals surface area contributed by atoms with E-state index in [0.717, 1.165) is 37.3 Å². The summed E-state index contributed by atoms with van der Waals surface area (Å²) in [5, 5.41) is 13.9. The zero-order valence-corrected chi connectivity index (χ0v) is 18.5. The van der Waals surface area contributed by atoms with Crippen molar-refractivity contribution in [2.75, 3.05) is 24.6 Å². The van der Waals surface area contributed by atoms with Crippen LogP contribution in [-0.4, -0.2) is 53.8 Å². The summed E-state index contributed by atoms with van der Waals surface area (Å²) in [6, 6.07) is 2.28. The van der Waals surface area contributed by atoms with Crippen LogP contribution in [0.3, 0.4) is 0 Å². The van der Waals surface area contributed by atoms with Crippen LogP contribution in [0, 0.1) is 13.8 Å². The zero-order chi connectivity index (χ0) is 21.5. The Labute approximate surface area is 180 Å². The first-order valence-corrected chi connectivity index (χ1v) is 11.0. The molecule has 0 spiro atoms. The van der Waals surface area contributed by atoms with E-state index in [0.29, 0.717) is 6.42 Å². The van der Waals surface area contributed by atoms with Crippen molar-refractivity contribution >= 4 is 11.4 Å². The van der Waals surface area contributed by atoms with E-state index in [1.165, 1.54) is 29.8 Å². The summed E-state index contributed by atoms with van der Waals surface area (Å²) in [4.78, 5) is 13.0. The topological polar surface area (TPSA) is 67.2 Å². The van der Waals surface area contributed by atoms with E-state index in [-0.39, 0.29) is 18.8 Å². The van der Waals surface area contributed by atoms with Crippen LogP contribution in [0.25, 0.3) is 0 Å². The maximum atomic E-state index is 9.62. The Morgan fingerprint density at radius 2 is 2.23 bits per heavy atom. The summed E-state index contributed by atoms with van der Waals surface area (Å²) in [6.45, 7) is 11.8. The van der Waals surface area contributed by atoms with E-state index < -0.39 is 6.10 Å². The smallest absolute Gasteiger partial charge is 0.174 e. The Morgan fingerprint density at radius 1 is 1.40 bits per heavy atom. The normalized spacial score (nSPS) is 24.3. The quantitative estimate of drug-likeness (QED) is 0.398. The van der Waals surface area contributed by atoms with Gasteiger partial charge in [0.05, 0.1) is 29.8 Å². The van der Waals surface area contributed by atoms with Crippen molar-refractivity contribution in [3.63, 3.8) is 0 Å². The minimum atomic E-state index is -0.411. The molecule has 0 unspecified atom stereocenters. The lowest BCUT2D eigenvalue weighted by Gasteiger charge is -2.29. The molecule has 1 N–H and O–H groups in total. The average Bonchev–Trinajstić information content (AvgIpc) is 2.93. The van der Waals surface area contributed by atoms with Gasteiger partial charge in [0.2, 0.25) is 0 Å². The third kappa shape index (κ3) is 5.70. The molecule has 6 nitrogen and oxygen atoms in total. The molecule has 164 valence electrons. The van der Waals surface area contributed by atoms with Gasteiger partial charge in [-0.15, -0.1) is 6.58 Å². The highest BCUT2D eigenvalue weighted by Crippen LogP contribution is 2.27. The SMILES string of the molecule is C=CC[C@@H]1C=C[C@H](ON=C(C)CCN2CCCCc3nc(C)c(C)cc32)[C@H](CO)O1. The molecule has 0 saturated carbocycles. The number of oxime groups is 1. The van der Waals surface area contributed by atoms with Crippen LogP contribution in [0.4, 0.5) is 5.69 Å². The van der Waals surface area contributed by atoms with Gasteiger partial charge in [-0.3, -0.25) is 4.98 Å². The van der Waals surface area contributed by atoms with Gasteiger partial charge >= 0.3 is 0 Å². The Morgan fingerprint density at radius 3 is 3.00 bits per heavy atom. The summed E-state index contributed by atoms with van der Waals surface area (Å²) in [5.41, 5.74) is 5.77. The number of ether oxygens (including phenoxy) is 1. The van der Waals surface area contributed by atoms with Gasteiger partial charge in [-0.05, 0) is 64.2 Å². The second-order valence-electron chi connectivity index (χ2n) is 8.25. The molecule has 0 bridgehead atoms. The number of aliphatic hydroxyl groups is 1. The fourth-order valence-corrected chi connectivity index (χ4v) is 3.89. The van der Waals surface area contributed by atoms with Crippen LogP contribution in [0.1, 0.15) is 49.6 Å². The number of hydrogen-bond donors (Lipinski definition) is 1. The lowest BCUT2D eigenvalue weighted by atomic mass is 10.1. The third-order valence-electron chi connectivity index (χ3n) is 5.84. The van der Waals surface area contributed by atoms with E-state index in [9.17, 15) is 5.11 Å². The monoisotopic (exact) mass is 413 g/mol. The van der Waals surface area contributed by atoms with Gasteiger partial charge in [0.25, 0.3) is 0 Å². The average molecular weight is 414 g/mol. The zero-order valence-electron chi connectivity index (χ0n) is 18.5. The molecule has 30 heavy (non-hydrogen) atoms. The fourth-order valence-electron chi connectivity index (χ4n) is 3.89. The first-order chi connectivity index (χ1) is 14.5. The van der Waals surface area contributed by atoms with E-state index in [2.05, 4.69) is 36.5 Å². The number of aliphatic hydroxyl groups excluding tert-OH is 1. The van der Waals surface area contributed by atoms with Crippen LogP contribution in [-0.2, 0) is 16.0 Å². The van der Waals surface area contributed by atoms with Gasteiger partial charge in [0.15, 0.2) is 6.10 Å². The Hall–Kier alpha value is -2.18. The highest BCUT2D eigenvalue weighted by Gasteiger charge is 2.28. The van der Waals surface area contributed by atoms with Gasteiger partial charge in [-0.2, -0.15) is 0 Å². The van der Waals surface area contributed by atoms with Crippen molar-refractivity contribution in [3.05, 3.63) is 47.8 Å². The maximum absolute atomic E-state index is 9.62. The first-order valence-electron chi connectivity index (χ1n) is 11.0. The first kappa shape index (κ1) is 22.5. The Bertz CT molecular complexity index is 790. The summed E-state index contributed by atoms with van der Waals surface area (Å²) in [6.07, 6.45) is 9.78. The number of hydrogen-bond acceptors (Lipinski definition) is 6. The molecule has 2 aliphatic heterocycles. The van der Waals surface area contributed by atoms with Gasteiger partial charge in [0, 0.05) is 25.2 Å². The van der Waals surface area contributed by atoms with Crippen molar-refractivity contribution in [2.45, 2.75) is 71.2 Å². The Kier molecular flexibility index (Phi) is 8.05. The van der Waals surface area contributed by atoms with Gasteiger partial charge in [-0.25, -0.2) is 0 Å². The van der Waals surface area contributed by atoms with E-state index in [4.69, 9.17) is 14.6 Å². The summed E-state index contributed by atoms with van der Waals surface area (Å²) in [5.74, 6) is 0. The lowest BCUT2D eigenvalue weighted by molar-refractivity contribution is -0.1000. The molecule has 3 atom stereocenters. The predicted molar refractivity (Wildman–Crippen MR) is 121 cm³/mol. The predicted octanol–water partition coefficient (Wildman–Crippen LogP) is 3.88. The lowest BCUT2D eigenvalue weighted by Crippen LogP contribution is -2.38. The molecule has 0 saturated heterocycles. The Balaban J connectivity index is 1.60. The van der Waals surface area contributed by atoms with E-state index >= 15 is 0 Å². The molecule has 1 aromatic heterocycles. The highest BCUT2D eigenvalue weighted by atomic mass is 16.7. The van der Waals surface area contributed by atoms with Crippen molar-refractivity contribution in [2.24, 2.45) is 5.16 Å². The molecular formula is C24H35N3O3. The van der Waals surface area contributed by atoms with Crippen LogP contribution < -0.4 is 4.90 Å². The van der Waals surface area contributed by atoms with Crippen molar-refractivity contribution in [1.29, 1.82) is 0 Å². The van der Waals surface area contributed by atoms with Crippen molar-refractivity contribution < 1.29 is 14.7 Å². The molecule has 6 heteroatoms. The second-order valence-corrected chi connectivity index (χ2v) is 8.25. The number of fused-ring (bicyclic) bond motifs is 1. The molecule has 3 heterocycles. The molecule has 0 radical (unpaired) electrons. The molecular weight excluding hydrogens is 378 g/mol. The molecule has 0 fully saturated rings. The molecule has 0 amide bonds. The summed E-state index contributed by atoms with van der Waals surface area (Å²) in [7, 11) is 0. The van der Waals surface area contributed by atoms with Gasteiger partial charge in [-0.1, -0.05) is 17.3 Å². The van der Waals surface area contributed by atoms with Gasteiger partial charge in [0.1, 0.15) is 6.10 Å². The minimum absolute atomic E-state index is 0.0617. The summed E-state index contributed by atoms with van der Waals surface area (Å²) >= 11 is 0. The number of aryl methyl sites for hydroxylation is 3. The molecule has 1 aromatic rings. The van der Waals surface area contributed by atoms with E-state index in [1.807, 2.05) is 25.2 Å². The number of aromatic nitrogens is 1. The van der Waals surface area contributed by atoms with Crippen molar-refractivity contribution in [3.8, 4) is 0 Å². The van der Waals surface area contributed by atoms with Crippen LogP contribution in [0.5, 0.6) is 0 Å². The minimum Gasteiger partial charge on any atom is -0.394 e. The second kappa shape index (κ2) is 10.7. The molecule has 3 rings (SSSR count).